The van der Waals surface area contributed by atoms with Crippen molar-refractivity contribution < 1.29 is 4.39 Å². The van der Waals surface area contributed by atoms with Gasteiger partial charge in [0.05, 0.1) is 6.04 Å². The summed E-state index contributed by atoms with van der Waals surface area (Å²) in [4.78, 5) is 0. The van der Waals surface area contributed by atoms with E-state index in [-0.39, 0.29) is 11.9 Å². The third kappa shape index (κ3) is 2.56. The average Bonchev–Trinajstić information content (AvgIpc) is 2.78. The molecular weight excluding hydrogens is 301 g/mol. The van der Waals surface area contributed by atoms with Crippen LogP contribution in [0.15, 0.2) is 22.7 Å². The van der Waals surface area contributed by atoms with Crippen LogP contribution >= 0.6 is 15.9 Å². The van der Waals surface area contributed by atoms with Crippen LogP contribution in [-0.4, -0.2) is 26.8 Å². The Bertz CT molecular complexity index is 542. The number of nitrogens with one attached hydrogen (secondary N) is 1. The summed E-state index contributed by atoms with van der Waals surface area (Å²) >= 11 is 3.22. The van der Waals surface area contributed by atoms with Crippen LogP contribution < -0.4 is 5.32 Å². The summed E-state index contributed by atoms with van der Waals surface area (Å²) in [5, 5.41) is 14.6. The van der Waals surface area contributed by atoms with E-state index in [0.717, 1.165) is 6.54 Å². The van der Waals surface area contributed by atoms with E-state index in [2.05, 4.69) is 36.8 Å². The highest BCUT2D eigenvalue weighted by atomic mass is 79.9. The lowest BCUT2D eigenvalue weighted by atomic mass is 10.2. The minimum absolute atomic E-state index is 0.0481. The molecule has 0 fully saturated rings. The second-order valence-corrected chi connectivity index (χ2v) is 4.74. The first kappa shape index (κ1) is 13.1. The third-order valence-electron chi connectivity index (χ3n) is 2.53. The number of rotatable bonds is 4. The Morgan fingerprint density at radius 1 is 1.50 bits per heavy atom. The maximum atomic E-state index is 13.9. The van der Waals surface area contributed by atoms with Gasteiger partial charge in [-0.25, -0.2) is 4.39 Å². The van der Waals surface area contributed by atoms with Crippen molar-refractivity contribution in [1.82, 2.24) is 25.5 Å². The smallest absolute Gasteiger partial charge is 0.173 e. The molecule has 2 rings (SSSR count). The molecule has 1 aromatic heterocycles. The van der Waals surface area contributed by atoms with Crippen molar-refractivity contribution in [2.45, 2.75) is 19.9 Å². The molecule has 0 aliphatic heterocycles. The summed E-state index contributed by atoms with van der Waals surface area (Å²) in [6, 6.07) is 4.73. The monoisotopic (exact) mass is 313 g/mol. The van der Waals surface area contributed by atoms with Gasteiger partial charge in [-0.05, 0) is 42.1 Å². The topological polar surface area (TPSA) is 55.6 Å². The molecule has 5 nitrogen and oxygen atoms in total. The molecule has 96 valence electrons. The van der Waals surface area contributed by atoms with Crippen molar-refractivity contribution in [2.24, 2.45) is 0 Å². The van der Waals surface area contributed by atoms with Crippen LogP contribution in [0.25, 0.3) is 5.69 Å². The number of hydrogen-bond donors (Lipinski definition) is 1. The lowest BCUT2D eigenvalue weighted by Gasteiger charge is -2.12. The predicted octanol–water partition coefficient (Wildman–Crippen LogP) is 2.23. The molecule has 1 heterocycles. The van der Waals surface area contributed by atoms with Crippen molar-refractivity contribution in [3.8, 4) is 5.69 Å². The van der Waals surface area contributed by atoms with Gasteiger partial charge in [0.1, 0.15) is 11.5 Å². The zero-order chi connectivity index (χ0) is 13.1. The fourth-order valence-electron chi connectivity index (χ4n) is 1.69. The summed E-state index contributed by atoms with van der Waals surface area (Å²) in [6.07, 6.45) is 0. The van der Waals surface area contributed by atoms with Crippen LogP contribution in [0, 0.1) is 5.82 Å². The van der Waals surface area contributed by atoms with Gasteiger partial charge in [-0.1, -0.05) is 22.9 Å². The number of tetrazole rings is 1. The van der Waals surface area contributed by atoms with Crippen molar-refractivity contribution in [1.29, 1.82) is 0 Å². The Morgan fingerprint density at radius 2 is 2.28 bits per heavy atom. The molecule has 18 heavy (non-hydrogen) atoms. The van der Waals surface area contributed by atoms with Crippen LogP contribution in [0.4, 0.5) is 4.39 Å². The molecule has 0 aliphatic carbocycles. The van der Waals surface area contributed by atoms with Gasteiger partial charge < -0.3 is 5.32 Å². The number of benzene rings is 1. The number of hydrogen-bond acceptors (Lipinski definition) is 4. The summed E-state index contributed by atoms with van der Waals surface area (Å²) in [6.45, 7) is 4.71. The Labute approximate surface area is 113 Å². The van der Waals surface area contributed by atoms with Gasteiger partial charge in [-0.3, -0.25) is 0 Å². The quantitative estimate of drug-likeness (QED) is 0.940. The second-order valence-electron chi connectivity index (χ2n) is 3.82. The van der Waals surface area contributed by atoms with E-state index in [0.29, 0.717) is 16.0 Å². The molecule has 0 amide bonds. The van der Waals surface area contributed by atoms with Gasteiger partial charge in [0.2, 0.25) is 0 Å². The maximum absolute atomic E-state index is 13.9. The fraction of sp³-hybridized carbons (Fsp3) is 0.364. The zero-order valence-corrected chi connectivity index (χ0v) is 11.6. The van der Waals surface area contributed by atoms with E-state index < -0.39 is 0 Å². The van der Waals surface area contributed by atoms with E-state index in [4.69, 9.17) is 0 Å². The van der Waals surface area contributed by atoms with Crippen LogP contribution in [0.1, 0.15) is 25.7 Å². The van der Waals surface area contributed by atoms with E-state index in [1.54, 1.807) is 12.1 Å². The molecule has 1 N–H and O–H groups in total. The number of nitrogens with zero attached hydrogens (tertiary/aromatic N) is 4. The Morgan fingerprint density at radius 3 is 2.94 bits per heavy atom. The molecule has 0 radical (unpaired) electrons. The molecule has 2 aromatic rings. The molecule has 0 spiro atoms. The fourth-order valence-corrected chi connectivity index (χ4v) is 2.02. The van der Waals surface area contributed by atoms with Gasteiger partial charge >= 0.3 is 0 Å². The lowest BCUT2D eigenvalue weighted by Crippen LogP contribution is -2.22. The van der Waals surface area contributed by atoms with Crippen molar-refractivity contribution in [2.75, 3.05) is 6.54 Å². The van der Waals surface area contributed by atoms with E-state index in [1.165, 1.54) is 10.7 Å². The highest BCUT2D eigenvalue weighted by Gasteiger charge is 2.17. The minimum Gasteiger partial charge on any atom is -0.308 e. The van der Waals surface area contributed by atoms with Crippen LogP contribution in [0.2, 0.25) is 0 Å². The summed E-state index contributed by atoms with van der Waals surface area (Å²) < 4.78 is 16.0. The summed E-state index contributed by atoms with van der Waals surface area (Å²) in [7, 11) is 0. The van der Waals surface area contributed by atoms with Gasteiger partial charge in [-0.15, -0.1) is 5.10 Å². The van der Waals surface area contributed by atoms with E-state index in [9.17, 15) is 4.39 Å². The van der Waals surface area contributed by atoms with Gasteiger partial charge in [0.15, 0.2) is 5.82 Å². The van der Waals surface area contributed by atoms with Crippen LogP contribution in [-0.2, 0) is 0 Å². The second kappa shape index (κ2) is 5.53. The van der Waals surface area contributed by atoms with Crippen molar-refractivity contribution >= 4 is 15.9 Å². The Balaban J connectivity index is 2.42. The molecule has 1 unspecified atom stereocenters. The predicted molar refractivity (Wildman–Crippen MR) is 68.9 cm³/mol. The van der Waals surface area contributed by atoms with Gasteiger partial charge in [0, 0.05) is 4.47 Å². The van der Waals surface area contributed by atoms with Crippen LogP contribution in [0.5, 0.6) is 0 Å². The first-order valence-electron chi connectivity index (χ1n) is 5.60. The largest absolute Gasteiger partial charge is 0.308 e. The molecule has 0 bridgehead atoms. The van der Waals surface area contributed by atoms with E-state index >= 15 is 0 Å². The number of aromatic nitrogens is 4. The van der Waals surface area contributed by atoms with Gasteiger partial charge in [0.25, 0.3) is 0 Å². The Hall–Kier alpha value is -1.34. The van der Waals surface area contributed by atoms with Crippen molar-refractivity contribution in [3.63, 3.8) is 0 Å². The van der Waals surface area contributed by atoms with Crippen molar-refractivity contribution in [3.05, 3.63) is 34.3 Å². The summed E-state index contributed by atoms with van der Waals surface area (Å²) in [5.41, 5.74) is 0.336. The molecule has 0 saturated carbocycles. The molecule has 1 aromatic carbocycles. The lowest BCUT2D eigenvalue weighted by molar-refractivity contribution is 0.540. The first-order valence-corrected chi connectivity index (χ1v) is 6.40. The normalized spacial score (nSPS) is 12.7. The SMILES string of the molecule is CCNC(C)c1nnnn1-c1ccc(Br)cc1F. The third-order valence-corrected chi connectivity index (χ3v) is 3.02. The number of halogens is 2. The highest BCUT2D eigenvalue weighted by molar-refractivity contribution is 9.10. The Kier molecular flexibility index (Phi) is 4.03. The van der Waals surface area contributed by atoms with E-state index in [1.807, 2.05) is 13.8 Å². The van der Waals surface area contributed by atoms with Crippen LogP contribution in [0.3, 0.4) is 0 Å². The minimum atomic E-state index is -0.373. The molecular formula is C11H13BrFN5. The molecule has 0 aliphatic rings. The zero-order valence-electron chi connectivity index (χ0n) is 10.1. The summed E-state index contributed by atoms with van der Waals surface area (Å²) in [5.74, 6) is 0.208. The molecule has 0 saturated heterocycles. The molecule has 7 heteroatoms. The van der Waals surface area contributed by atoms with Gasteiger partial charge in [-0.2, -0.15) is 4.68 Å². The average molecular weight is 314 g/mol. The molecule has 1 atom stereocenters. The highest BCUT2D eigenvalue weighted by Crippen LogP contribution is 2.20. The standard InChI is InChI=1S/C11H13BrFN5/c1-3-14-7(2)11-15-16-17-18(11)10-5-4-8(12)6-9(10)13/h4-7,14H,3H2,1-2H3. The first-order chi connectivity index (χ1) is 8.63. The maximum Gasteiger partial charge on any atom is 0.173 e.